The van der Waals surface area contributed by atoms with Crippen molar-refractivity contribution in [1.82, 2.24) is 24.8 Å². The van der Waals surface area contributed by atoms with Crippen molar-refractivity contribution >= 4 is 11.9 Å². The number of aromatic nitrogens is 5. The molecule has 0 radical (unpaired) electrons. The molecule has 228 valence electrons. The van der Waals surface area contributed by atoms with E-state index in [0.717, 1.165) is 40.4 Å². The Morgan fingerprint density at radius 1 is 1.02 bits per heavy atom. The normalized spacial score (nSPS) is 22.4. The summed E-state index contributed by atoms with van der Waals surface area (Å²) in [7, 11) is 1.84. The minimum absolute atomic E-state index is 0.00561. The Labute approximate surface area is 256 Å². The summed E-state index contributed by atoms with van der Waals surface area (Å²) >= 11 is 0. The van der Waals surface area contributed by atoms with Gasteiger partial charge in [0.2, 0.25) is 6.10 Å². The average molecular weight is 596 g/mol. The molecule has 0 amide bonds. The molecule has 2 aromatic carbocycles. The van der Waals surface area contributed by atoms with Crippen LogP contribution in [0.3, 0.4) is 0 Å². The highest BCUT2D eigenvalue weighted by Crippen LogP contribution is 2.55. The van der Waals surface area contributed by atoms with E-state index < -0.39 is 18.0 Å². The zero-order chi connectivity index (χ0) is 30.2. The van der Waals surface area contributed by atoms with Crippen molar-refractivity contribution in [3.63, 3.8) is 0 Å². The first-order chi connectivity index (χ1) is 21.4. The summed E-state index contributed by atoms with van der Waals surface area (Å²) in [5.74, 6) is 0.476. The first-order valence-corrected chi connectivity index (χ1v) is 15.6. The summed E-state index contributed by atoms with van der Waals surface area (Å²) in [6, 6.07) is 16.3. The molecule has 10 nitrogen and oxygen atoms in total. The number of rotatable bonds is 9. The molecule has 1 saturated heterocycles. The van der Waals surface area contributed by atoms with E-state index in [-0.39, 0.29) is 24.5 Å². The van der Waals surface area contributed by atoms with E-state index in [1.54, 1.807) is 4.68 Å². The topological polar surface area (TPSA) is 110 Å². The molecule has 3 heterocycles. The van der Waals surface area contributed by atoms with Crippen molar-refractivity contribution in [2.45, 2.75) is 75.9 Å². The molecule has 0 spiro atoms. The van der Waals surface area contributed by atoms with Crippen LogP contribution < -0.4 is 4.74 Å². The van der Waals surface area contributed by atoms with E-state index in [9.17, 15) is 9.59 Å². The quantitative estimate of drug-likeness (QED) is 0.225. The number of cyclic esters (lactones) is 1. The predicted octanol–water partition coefficient (Wildman–Crippen LogP) is 5.76. The van der Waals surface area contributed by atoms with E-state index in [0.29, 0.717) is 17.9 Å². The molecule has 4 aromatic rings. The minimum Gasteiger partial charge on any atom is -0.490 e. The molecular weight excluding hydrogens is 558 g/mol. The molecule has 0 N–H and O–H groups in total. The van der Waals surface area contributed by atoms with Gasteiger partial charge in [-0.3, -0.25) is 4.68 Å². The smallest absolute Gasteiger partial charge is 0.347 e. The molecule has 7 rings (SSSR count). The summed E-state index contributed by atoms with van der Waals surface area (Å²) in [5, 5.41) is 13.1. The van der Waals surface area contributed by atoms with Gasteiger partial charge in [-0.1, -0.05) is 48.7 Å². The first kappa shape index (κ1) is 28.3. The van der Waals surface area contributed by atoms with Crippen LogP contribution in [0.4, 0.5) is 0 Å². The fourth-order valence-electron chi connectivity index (χ4n) is 6.69. The second-order valence-electron chi connectivity index (χ2n) is 12.3. The van der Waals surface area contributed by atoms with Gasteiger partial charge in [0, 0.05) is 31.5 Å². The summed E-state index contributed by atoms with van der Waals surface area (Å²) in [6.07, 6.45) is 10.2. The van der Waals surface area contributed by atoms with Crippen LogP contribution in [0.15, 0.2) is 60.9 Å². The minimum atomic E-state index is -0.896. The van der Waals surface area contributed by atoms with Crippen molar-refractivity contribution < 1.29 is 23.8 Å². The van der Waals surface area contributed by atoms with E-state index in [1.807, 2.05) is 42.2 Å². The van der Waals surface area contributed by atoms with Crippen LogP contribution in [0.1, 0.15) is 85.5 Å². The lowest BCUT2D eigenvalue weighted by molar-refractivity contribution is -0.145. The van der Waals surface area contributed by atoms with Crippen LogP contribution in [0.25, 0.3) is 16.8 Å². The molecule has 2 saturated carbocycles. The maximum atomic E-state index is 13.4. The second-order valence-corrected chi connectivity index (χ2v) is 12.3. The van der Waals surface area contributed by atoms with Gasteiger partial charge in [0.05, 0.1) is 36.0 Å². The van der Waals surface area contributed by atoms with Crippen LogP contribution in [-0.2, 0) is 21.3 Å². The number of carbonyl (C=O) groups excluding carboxylic acids is 2. The number of benzene rings is 2. The largest absolute Gasteiger partial charge is 0.490 e. The molecule has 1 aliphatic heterocycles. The zero-order valence-corrected chi connectivity index (χ0v) is 25.1. The van der Waals surface area contributed by atoms with Gasteiger partial charge >= 0.3 is 11.9 Å². The van der Waals surface area contributed by atoms with Gasteiger partial charge in [-0.25, -0.2) is 14.3 Å². The standard InChI is InChI=1S/C34H37N5O5/c1-21(22-8-4-3-5-9-22)43-26-13-7-11-24(17-26)23-10-6-12-25(16-23)39-32(28-18-27(28)30-20-38(2)37-36-30)29(19-35-39)33(40)44-31-14-15-42-34(31)41/h6-7,10-13,16-17,19-22,27-28,31H,3-5,8-9,14-15,18H2,1-2H3/t21-,27+,28+,31?/m0/s1. The molecule has 44 heavy (non-hydrogen) atoms. The number of esters is 2. The molecule has 2 aromatic heterocycles. The van der Waals surface area contributed by atoms with Crippen molar-refractivity contribution in [3.05, 3.63) is 77.9 Å². The van der Waals surface area contributed by atoms with Crippen LogP contribution in [-0.4, -0.2) is 55.5 Å². The Kier molecular flexibility index (Phi) is 7.66. The molecular formula is C34H37N5O5. The third-order valence-electron chi connectivity index (χ3n) is 9.20. The predicted molar refractivity (Wildman–Crippen MR) is 162 cm³/mol. The summed E-state index contributed by atoms with van der Waals surface area (Å²) < 4.78 is 20.5. The van der Waals surface area contributed by atoms with E-state index in [2.05, 4.69) is 46.6 Å². The fourth-order valence-corrected chi connectivity index (χ4v) is 6.69. The number of nitrogens with zero attached hydrogens (tertiary/aromatic N) is 5. The van der Waals surface area contributed by atoms with Crippen LogP contribution >= 0.6 is 0 Å². The zero-order valence-electron chi connectivity index (χ0n) is 25.1. The SMILES string of the molecule is C[C@H](Oc1cccc(-c2cccc(-n3ncc(C(=O)OC4CCOC4=O)c3[C@@H]3C[C@H]3c3cn(C)nn3)c2)c1)C1CCCCC1. The molecule has 1 unspecified atom stereocenters. The molecule has 3 fully saturated rings. The third-order valence-corrected chi connectivity index (χ3v) is 9.20. The molecule has 10 heteroatoms. The van der Waals surface area contributed by atoms with Gasteiger partial charge < -0.3 is 14.2 Å². The maximum absolute atomic E-state index is 13.4. The highest BCUT2D eigenvalue weighted by Gasteiger charge is 2.46. The Hall–Kier alpha value is -4.47. The van der Waals surface area contributed by atoms with Gasteiger partial charge in [0.1, 0.15) is 11.3 Å². The fraction of sp³-hybridized carbons (Fsp3) is 0.441. The average Bonchev–Trinajstić information content (AvgIpc) is 3.30. The van der Waals surface area contributed by atoms with Gasteiger partial charge in [-0.05, 0) is 67.5 Å². The van der Waals surface area contributed by atoms with Gasteiger partial charge in [0.15, 0.2) is 0 Å². The molecule has 3 aliphatic rings. The molecule has 2 aliphatic carbocycles. The molecule has 0 bridgehead atoms. The summed E-state index contributed by atoms with van der Waals surface area (Å²) in [5.41, 5.74) is 4.84. The van der Waals surface area contributed by atoms with Crippen molar-refractivity contribution in [3.8, 4) is 22.6 Å². The van der Waals surface area contributed by atoms with E-state index in [1.165, 1.54) is 38.3 Å². The number of carbonyl (C=O) groups is 2. The highest BCUT2D eigenvalue weighted by molar-refractivity contribution is 5.93. The Morgan fingerprint density at radius 2 is 1.82 bits per heavy atom. The summed E-state index contributed by atoms with van der Waals surface area (Å²) in [4.78, 5) is 25.4. The Bertz CT molecular complexity index is 1670. The Balaban J connectivity index is 1.18. The highest BCUT2D eigenvalue weighted by atomic mass is 16.6. The lowest BCUT2D eigenvalue weighted by atomic mass is 9.86. The number of hydrogen-bond acceptors (Lipinski definition) is 8. The van der Waals surface area contributed by atoms with Gasteiger partial charge in [-0.2, -0.15) is 5.10 Å². The van der Waals surface area contributed by atoms with Crippen molar-refractivity contribution in [1.29, 1.82) is 0 Å². The lowest BCUT2D eigenvalue weighted by Crippen LogP contribution is -2.25. The number of ether oxygens (including phenoxy) is 3. The van der Waals surface area contributed by atoms with E-state index >= 15 is 0 Å². The monoisotopic (exact) mass is 595 g/mol. The third kappa shape index (κ3) is 5.73. The number of aryl methyl sites for hydroxylation is 1. The van der Waals surface area contributed by atoms with Crippen molar-refractivity contribution in [2.75, 3.05) is 6.61 Å². The number of hydrogen-bond donors (Lipinski definition) is 0. The second kappa shape index (κ2) is 11.9. The maximum Gasteiger partial charge on any atom is 0.347 e. The van der Waals surface area contributed by atoms with Gasteiger partial charge in [0.25, 0.3) is 0 Å². The first-order valence-electron chi connectivity index (χ1n) is 15.6. The lowest BCUT2D eigenvalue weighted by Gasteiger charge is -2.28. The van der Waals surface area contributed by atoms with E-state index in [4.69, 9.17) is 14.2 Å². The van der Waals surface area contributed by atoms with Crippen LogP contribution in [0.2, 0.25) is 0 Å². The van der Waals surface area contributed by atoms with Crippen LogP contribution in [0, 0.1) is 5.92 Å². The van der Waals surface area contributed by atoms with Crippen LogP contribution in [0.5, 0.6) is 5.75 Å². The van der Waals surface area contributed by atoms with Crippen molar-refractivity contribution in [2.24, 2.45) is 13.0 Å². The summed E-state index contributed by atoms with van der Waals surface area (Å²) in [6.45, 7) is 2.44. The molecule has 4 atom stereocenters. The Morgan fingerprint density at radius 3 is 2.57 bits per heavy atom. The van der Waals surface area contributed by atoms with Gasteiger partial charge in [-0.15, -0.1) is 5.10 Å².